The second-order valence-electron chi connectivity index (χ2n) is 11.3. The Morgan fingerprint density at radius 1 is 1.18 bits per heavy atom. The molecule has 2 aromatic carbocycles. The second-order valence-corrected chi connectivity index (χ2v) is 11.8. The molecule has 1 aromatic heterocycles. The minimum Gasteiger partial charge on any atom is -0.491 e. The quantitative estimate of drug-likeness (QED) is 0.387. The van der Waals surface area contributed by atoms with E-state index in [0.717, 1.165) is 59.8 Å². The van der Waals surface area contributed by atoms with Crippen LogP contribution in [-0.4, -0.2) is 51.9 Å². The molecule has 3 aromatic rings. The van der Waals surface area contributed by atoms with Crippen LogP contribution in [0.15, 0.2) is 66.9 Å². The number of likely N-dealkylation sites (tertiary alicyclic amines) is 1. The molecule has 3 heterocycles. The van der Waals surface area contributed by atoms with Crippen molar-refractivity contribution >= 4 is 17.2 Å². The van der Waals surface area contributed by atoms with Gasteiger partial charge in [-0.3, -0.25) is 4.98 Å². The molecule has 0 saturated carbocycles. The maximum absolute atomic E-state index is 11.5. The van der Waals surface area contributed by atoms with E-state index in [1.807, 2.05) is 48.5 Å². The Hall–Kier alpha value is -2.90. The summed E-state index contributed by atoms with van der Waals surface area (Å²) >= 11 is 6.07. The van der Waals surface area contributed by atoms with Crippen LogP contribution in [0.4, 0.5) is 0 Å². The van der Waals surface area contributed by atoms with Crippen molar-refractivity contribution in [3.63, 3.8) is 0 Å². The number of piperidine rings is 1. The first kappa shape index (κ1) is 27.7. The lowest BCUT2D eigenvalue weighted by atomic mass is 9.77. The third kappa shape index (κ3) is 6.30. The molecule has 5 rings (SSSR count). The Bertz CT molecular complexity index is 1330. The molecule has 2 aliphatic heterocycles. The number of halogens is 1. The van der Waals surface area contributed by atoms with Crippen molar-refractivity contribution in [1.82, 2.24) is 9.88 Å². The minimum atomic E-state index is -0.927. The third-order valence-electron chi connectivity index (χ3n) is 7.67. The minimum absolute atomic E-state index is 0.0903. The van der Waals surface area contributed by atoms with E-state index in [1.165, 1.54) is 0 Å². The summed E-state index contributed by atoms with van der Waals surface area (Å²) in [5, 5.41) is 22.3. The molecule has 0 aliphatic carbocycles. The van der Waals surface area contributed by atoms with Gasteiger partial charge in [-0.25, -0.2) is 0 Å². The average molecular weight is 549 g/mol. The van der Waals surface area contributed by atoms with Crippen LogP contribution in [0.5, 0.6) is 11.5 Å². The van der Waals surface area contributed by atoms with Crippen molar-refractivity contribution in [2.24, 2.45) is 5.92 Å². The van der Waals surface area contributed by atoms with E-state index in [-0.39, 0.29) is 12.5 Å². The van der Waals surface area contributed by atoms with E-state index in [0.29, 0.717) is 23.8 Å². The Labute approximate surface area is 235 Å². The van der Waals surface area contributed by atoms with Crippen LogP contribution in [0.3, 0.4) is 0 Å². The molecular weight excluding hydrogens is 512 g/mol. The van der Waals surface area contributed by atoms with Gasteiger partial charge >= 0.3 is 0 Å². The predicted octanol–water partition coefficient (Wildman–Crippen LogP) is 5.83. The molecule has 2 unspecified atom stereocenters. The molecule has 1 fully saturated rings. The van der Waals surface area contributed by atoms with Crippen molar-refractivity contribution in [2.75, 3.05) is 26.2 Å². The molecule has 2 N–H and O–H groups in total. The Balaban J connectivity index is 1.34. The van der Waals surface area contributed by atoms with Gasteiger partial charge in [0.15, 0.2) is 0 Å². The summed E-state index contributed by atoms with van der Waals surface area (Å²) in [7, 11) is 0. The lowest BCUT2D eigenvalue weighted by molar-refractivity contribution is -0.0706. The molecule has 0 amide bonds. The smallest absolute Gasteiger partial charge is 0.131 e. The van der Waals surface area contributed by atoms with Gasteiger partial charge in [-0.15, -0.1) is 0 Å². The third-order valence-corrected chi connectivity index (χ3v) is 7.92. The van der Waals surface area contributed by atoms with Crippen molar-refractivity contribution in [3.8, 4) is 11.5 Å². The zero-order valence-electron chi connectivity index (χ0n) is 22.9. The number of hydrogen-bond donors (Lipinski definition) is 2. The summed E-state index contributed by atoms with van der Waals surface area (Å²) in [6.07, 6.45) is 5.57. The molecule has 1 saturated heterocycles. The molecule has 39 heavy (non-hydrogen) atoms. The van der Waals surface area contributed by atoms with E-state index in [9.17, 15) is 10.2 Å². The number of hydrogen-bond acceptors (Lipinski definition) is 6. The van der Waals surface area contributed by atoms with E-state index in [4.69, 9.17) is 21.1 Å². The first-order chi connectivity index (χ1) is 18.6. The van der Waals surface area contributed by atoms with Gasteiger partial charge in [0.2, 0.25) is 0 Å². The van der Waals surface area contributed by atoms with Crippen molar-refractivity contribution in [3.05, 3.63) is 94.3 Å². The fourth-order valence-electron chi connectivity index (χ4n) is 5.47. The number of fused-ring (bicyclic) bond motifs is 2. The Kier molecular flexibility index (Phi) is 8.01. The van der Waals surface area contributed by atoms with Gasteiger partial charge in [-0.2, -0.15) is 0 Å². The summed E-state index contributed by atoms with van der Waals surface area (Å²) < 4.78 is 12.0. The number of rotatable bonds is 7. The number of benzene rings is 2. The largest absolute Gasteiger partial charge is 0.491 e. The summed E-state index contributed by atoms with van der Waals surface area (Å²) in [5.41, 5.74) is 3.15. The van der Waals surface area contributed by atoms with Gasteiger partial charge in [-0.1, -0.05) is 42.8 Å². The maximum atomic E-state index is 11.5. The molecule has 0 bridgehead atoms. The SMILES string of the molecule is CC1CN(CC/C=C2\c3cc(OCC(C)(C)O)ccc3OCc3ncccc32)CCC1(O)c1ccc(Cl)cc1. The topological polar surface area (TPSA) is 75.1 Å². The monoisotopic (exact) mass is 548 g/mol. The number of ether oxygens (including phenoxy) is 2. The average Bonchev–Trinajstić information content (AvgIpc) is 3.06. The van der Waals surface area contributed by atoms with Crippen LogP contribution >= 0.6 is 11.6 Å². The highest BCUT2D eigenvalue weighted by Gasteiger charge is 2.40. The zero-order valence-corrected chi connectivity index (χ0v) is 23.6. The van der Waals surface area contributed by atoms with Gasteiger partial charge in [0.05, 0.1) is 16.9 Å². The maximum Gasteiger partial charge on any atom is 0.131 e. The lowest BCUT2D eigenvalue weighted by Crippen LogP contribution is -2.49. The van der Waals surface area contributed by atoms with E-state index in [1.54, 1.807) is 20.0 Å². The second kappa shape index (κ2) is 11.3. The van der Waals surface area contributed by atoms with Crippen LogP contribution in [0.2, 0.25) is 5.02 Å². The zero-order chi connectivity index (χ0) is 27.6. The van der Waals surface area contributed by atoms with Gasteiger partial charge in [0.1, 0.15) is 24.7 Å². The number of aromatic nitrogens is 1. The molecule has 0 radical (unpaired) electrons. The molecule has 206 valence electrons. The molecule has 2 aliphatic rings. The summed E-state index contributed by atoms with van der Waals surface area (Å²) in [6.45, 7) is 8.68. The Morgan fingerprint density at radius 3 is 2.72 bits per heavy atom. The fraction of sp³-hybridized carbons (Fsp3) is 0.406. The van der Waals surface area contributed by atoms with E-state index >= 15 is 0 Å². The fourth-order valence-corrected chi connectivity index (χ4v) is 5.60. The summed E-state index contributed by atoms with van der Waals surface area (Å²) in [5.74, 6) is 1.56. The highest BCUT2D eigenvalue weighted by Crippen LogP contribution is 2.40. The van der Waals surface area contributed by atoms with E-state index in [2.05, 4.69) is 29.0 Å². The van der Waals surface area contributed by atoms with Crippen LogP contribution in [0.25, 0.3) is 5.57 Å². The molecule has 7 heteroatoms. The van der Waals surface area contributed by atoms with Gasteiger partial charge in [0.25, 0.3) is 0 Å². The highest BCUT2D eigenvalue weighted by molar-refractivity contribution is 6.30. The first-order valence-corrected chi connectivity index (χ1v) is 14.0. The summed E-state index contributed by atoms with van der Waals surface area (Å²) in [6, 6.07) is 17.4. The van der Waals surface area contributed by atoms with Gasteiger partial charge in [0, 0.05) is 47.9 Å². The number of nitrogens with zero attached hydrogens (tertiary/aromatic N) is 2. The highest BCUT2D eigenvalue weighted by atomic mass is 35.5. The van der Waals surface area contributed by atoms with Crippen LogP contribution in [0.1, 0.15) is 56.0 Å². The Morgan fingerprint density at radius 2 is 1.97 bits per heavy atom. The van der Waals surface area contributed by atoms with Crippen molar-refractivity contribution < 1.29 is 19.7 Å². The normalized spacial score (nSPS) is 22.5. The van der Waals surface area contributed by atoms with E-state index < -0.39 is 11.2 Å². The van der Waals surface area contributed by atoms with Gasteiger partial charge in [-0.05, 0) is 74.2 Å². The summed E-state index contributed by atoms with van der Waals surface area (Å²) in [4.78, 5) is 7.01. The molecular formula is C32H37ClN2O4. The van der Waals surface area contributed by atoms with Crippen LogP contribution in [0, 0.1) is 5.92 Å². The molecule has 6 nitrogen and oxygen atoms in total. The number of pyridine rings is 1. The van der Waals surface area contributed by atoms with Crippen molar-refractivity contribution in [1.29, 1.82) is 0 Å². The number of aliphatic hydroxyl groups is 2. The van der Waals surface area contributed by atoms with Crippen molar-refractivity contribution in [2.45, 2.75) is 51.4 Å². The van der Waals surface area contributed by atoms with Crippen LogP contribution in [-0.2, 0) is 12.2 Å². The lowest BCUT2D eigenvalue weighted by Gasteiger charge is -2.43. The molecule has 2 atom stereocenters. The predicted molar refractivity (Wildman–Crippen MR) is 154 cm³/mol. The van der Waals surface area contributed by atoms with Gasteiger partial charge < -0.3 is 24.6 Å². The standard InChI is InChI=1S/C32H37ClN2O4/c1-22-19-35(17-14-32(22,37)23-8-10-24(33)11-9-23)16-5-7-26-27-6-4-15-34-29(27)20-38-30-13-12-25(18-28(26)30)39-21-31(2,3)36/h4,6-13,15,18,22,36-37H,5,14,16-17,19-21H2,1-3H3/b26-7-. The first-order valence-electron chi connectivity index (χ1n) is 13.6. The molecule has 0 spiro atoms. The van der Waals surface area contributed by atoms with Crippen LogP contribution < -0.4 is 9.47 Å².